The summed E-state index contributed by atoms with van der Waals surface area (Å²) in [5.74, 6) is 0.980. The lowest BCUT2D eigenvalue weighted by Crippen LogP contribution is -2.43. The van der Waals surface area contributed by atoms with Crippen LogP contribution in [0, 0.1) is 0 Å². The number of carbonyl (C=O) groups excluding carboxylic acids is 1. The Morgan fingerprint density at radius 1 is 0.881 bits per heavy atom. The largest absolute Gasteiger partial charge is 0.497 e. The number of ether oxygens (including phenoxy) is 3. The van der Waals surface area contributed by atoms with Crippen LogP contribution >= 0.6 is 0 Å². The standard InChI is InChI=1S/C34H36N2O6/c1-23(2)25-7-16-30(17-8-25)42-34(3,33(38)39)21-24-5-12-29(13-6-24)41-20-19-35-32(37)27-11-18-31(36-22-27)26-9-14-28(40-4)15-10-26/h5-18,22-23H,19-21H2,1-4H3,(H,35,37)(H,38,39). The van der Waals surface area contributed by atoms with Crippen LogP contribution in [0.3, 0.4) is 0 Å². The lowest BCUT2D eigenvalue weighted by atomic mass is 9.96. The zero-order valence-electron chi connectivity index (χ0n) is 24.3. The van der Waals surface area contributed by atoms with E-state index in [1.165, 1.54) is 0 Å². The molecule has 0 spiro atoms. The van der Waals surface area contributed by atoms with E-state index in [1.54, 1.807) is 56.6 Å². The summed E-state index contributed by atoms with van der Waals surface area (Å²) in [7, 11) is 1.62. The van der Waals surface area contributed by atoms with E-state index >= 15 is 0 Å². The van der Waals surface area contributed by atoms with Gasteiger partial charge in [-0.15, -0.1) is 0 Å². The van der Waals surface area contributed by atoms with Gasteiger partial charge in [0, 0.05) is 18.2 Å². The number of aromatic nitrogens is 1. The van der Waals surface area contributed by atoms with E-state index in [1.807, 2.05) is 48.5 Å². The van der Waals surface area contributed by atoms with E-state index in [4.69, 9.17) is 14.2 Å². The van der Waals surface area contributed by atoms with Crippen molar-refractivity contribution < 1.29 is 28.9 Å². The molecule has 0 aliphatic rings. The van der Waals surface area contributed by atoms with Crippen LogP contribution in [0.25, 0.3) is 11.3 Å². The summed E-state index contributed by atoms with van der Waals surface area (Å²) in [6, 6.07) is 25.8. The highest BCUT2D eigenvalue weighted by atomic mass is 16.5. The van der Waals surface area contributed by atoms with Crippen molar-refractivity contribution in [3.05, 3.63) is 108 Å². The third-order valence-electron chi connectivity index (χ3n) is 6.87. The third-order valence-corrected chi connectivity index (χ3v) is 6.87. The molecule has 2 N–H and O–H groups in total. The molecule has 1 heterocycles. The van der Waals surface area contributed by atoms with E-state index in [0.717, 1.165) is 28.1 Å². The summed E-state index contributed by atoms with van der Waals surface area (Å²) in [6.07, 6.45) is 1.72. The highest BCUT2D eigenvalue weighted by Gasteiger charge is 2.36. The van der Waals surface area contributed by atoms with Gasteiger partial charge in [0.25, 0.3) is 5.91 Å². The Kier molecular flexibility index (Phi) is 9.81. The van der Waals surface area contributed by atoms with E-state index in [9.17, 15) is 14.7 Å². The molecule has 0 saturated carbocycles. The molecule has 3 aromatic carbocycles. The fourth-order valence-corrected chi connectivity index (χ4v) is 4.33. The number of rotatable bonds is 13. The zero-order valence-corrected chi connectivity index (χ0v) is 24.3. The molecular weight excluding hydrogens is 532 g/mol. The SMILES string of the molecule is COc1ccc(-c2ccc(C(=O)NCCOc3ccc(CC(C)(Oc4ccc(C(C)C)cc4)C(=O)O)cc3)cn2)cc1. The second-order valence-electron chi connectivity index (χ2n) is 10.4. The lowest BCUT2D eigenvalue weighted by molar-refractivity contribution is -0.153. The highest BCUT2D eigenvalue weighted by Crippen LogP contribution is 2.26. The Labute approximate surface area is 246 Å². The lowest BCUT2D eigenvalue weighted by Gasteiger charge is -2.27. The van der Waals surface area contributed by atoms with Gasteiger partial charge in [0.2, 0.25) is 5.60 Å². The molecule has 0 fully saturated rings. The van der Waals surface area contributed by atoms with Crippen LogP contribution in [-0.2, 0) is 11.2 Å². The van der Waals surface area contributed by atoms with Crippen LogP contribution in [0.5, 0.6) is 17.2 Å². The van der Waals surface area contributed by atoms with E-state index in [2.05, 4.69) is 24.1 Å². The molecule has 1 amide bonds. The van der Waals surface area contributed by atoms with Crippen molar-refractivity contribution in [1.82, 2.24) is 10.3 Å². The minimum Gasteiger partial charge on any atom is -0.497 e. The number of carbonyl (C=O) groups is 2. The van der Waals surface area contributed by atoms with Gasteiger partial charge < -0.3 is 24.6 Å². The van der Waals surface area contributed by atoms with Crippen molar-refractivity contribution in [3.8, 4) is 28.5 Å². The summed E-state index contributed by atoms with van der Waals surface area (Å²) in [5, 5.41) is 12.7. The Hall–Kier alpha value is -4.85. The summed E-state index contributed by atoms with van der Waals surface area (Å²) < 4.78 is 16.9. The van der Waals surface area contributed by atoms with Gasteiger partial charge in [-0.3, -0.25) is 9.78 Å². The van der Waals surface area contributed by atoms with E-state index < -0.39 is 11.6 Å². The first-order chi connectivity index (χ1) is 20.2. The number of aliphatic carboxylic acids is 1. The summed E-state index contributed by atoms with van der Waals surface area (Å²) >= 11 is 0. The normalized spacial score (nSPS) is 12.3. The molecule has 0 saturated heterocycles. The predicted molar refractivity (Wildman–Crippen MR) is 161 cm³/mol. The Morgan fingerprint density at radius 2 is 1.52 bits per heavy atom. The molecule has 218 valence electrons. The number of carboxylic acids is 1. The average Bonchev–Trinajstić information content (AvgIpc) is 3.00. The first-order valence-corrected chi connectivity index (χ1v) is 13.8. The van der Waals surface area contributed by atoms with E-state index in [0.29, 0.717) is 29.5 Å². The van der Waals surface area contributed by atoms with Crippen molar-refractivity contribution >= 4 is 11.9 Å². The summed E-state index contributed by atoms with van der Waals surface area (Å²) in [5.41, 5.74) is 2.66. The molecular formula is C34H36N2O6. The van der Waals surface area contributed by atoms with Crippen LogP contribution in [0.15, 0.2) is 91.1 Å². The molecule has 0 radical (unpaired) electrons. The van der Waals surface area contributed by atoms with Crippen molar-refractivity contribution in [1.29, 1.82) is 0 Å². The number of pyridine rings is 1. The van der Waals surface area contributed by atoms with Gasteiger partial charge in [-0.1, -0.05) is 38.1 Å². The summed E-state index contributed by atoms with van der Waals surface area (Å²) in [4.78, 5) is 29.0. The monoisotopic (exact) mass is 568 g/mol. The van der Waals surface area contributed by atoms with Gasteiger partial charge >= 0.3 is 5.97 Å². The number of benzene rings is 3. The van der Waals surface area contributed by atoms with Crippen molar-refractivity contribution in [2.75, 3.05) is 20.3 Å². The van der Waals surface area contributed by atoms with Gasteiger partial charge in [-0.25, -0.2) is 4.79 Å². The second-order valence-corrected chi connectivity index (χ2v) is 10.4. The van der Waals surface area contributed by atoms with Crippen LogP contribution in [-0.4, -0.2) is 47.8 Å². The molecule has 1 aromatic heterocycles. The maximum atomic E-state index is 12.5. The molecule has 1 unspecified atom stereocenters. The molecule has 0 aliphatic heterocycles. The van der Waals surface area contributed by atoms with Gasteiger partial charge in [0.15, 0.2) is 0 Å². The van der Waals surface area contributed by atoms with Crippen LogP contribution < -0.4 is 19.5 Å². The minimum absolute atomic E-state index is 0.176. The highest BCUT2D eigenvalue weighted by molar-refractivity contribution is 5.94. The Balaban J connectivity index is 1.25. The molecule has 4 rings (SSSR count). The number of methoxy groups -OCH3 is 1. The van der Waals surface area contributed by atoms with Gasteiger partial charge in [-0.05, 0) is 84.6 Å². The van der Waals surface area contributed by atoms with Gasteiger partial charge in [0.1, 0.15) is 23.9 Å². The molecule has 0 bridgehead atoms. The topological polar surface area (TPSA) is 107 Å². The number of nitrogens with one attached hydrogen (secondary N) is 1. The maximum absolute atomic E-state index is 12.5. The quantitative estimate of drug-likeness (QED) is 0.186. The Morgan fingerprint density at radius 3 is 2.10 bits per heavy atom. The van der Waals surface area contributed by atoms with Crippen LogP contribution in [0.2, 0.25) is 0 Å². The smallest absolute Gasteiger partial charge is 0.348 e. The molecule has 1 atom stereocenters. The van der Waals surface area contributed by atoms with Crippen molar-refractivity contribution in [2.24, 2.45) is 0 Å². The Bertz CT molecular complexity index is 1470. The first-order valence-electron chi connectivity index (χ1n) is 13.8. The number of amides is 1. The predicted octanol–water partition coefficient (Wildman–Crippen LogP) is 6.15. The molecule has 0 aliphatic carbocycles. The van der Waals surface area contributed by atoms with Gasteiger partial charge in [-0.2, -0.15) is 0 Å². The summed E-state index contributed by atoms with van der Waals surface area (Å²) in [6.45, 7) is 6.35. The first kappa shape index (κ1) is 30.1. The van der Waals surface area contributed by atoms with Crippen LogP contribution in [0.1, 0.15) is 48.2 Å². The fraction of sp³-hybridized carbons (Fsp3) is 0.265. The molecule has 42 heavy (non-hydrogen) atoms. The second kappa shape index (κ2) is 13.7. The number of hydrogen-bond acceptors (Lipinski definition) is 6. The number of nitrogens with zero attached hydrogens (tertiary/aromatic N) is 1. The fourth-order valence-electron chi connectivity index (χ4n) is 4.33. The van der Waals surface area contributed by atoms with Crippen molar-refractivity contribution in [3.63, 3.8) is 0 Å². The number of carboxylic acid groups (broad SMARTS) is 1. The zero-order chi connectivity index (χ0) is 30.1. The van der Waals surface area contributed by atoms with Crippen molar-refractivity contribution in [2.45, 2.75) is 38.7 Å². The molecule has 4 aromatic rings. The number of hydrogen-bond donors (Lipinski definition) is 2. The maximum Gasteiger partial charge on any atom is 0.348 e. The molecule has 8 heteroatoms. The van der Waals surface area contributed by atoms with Crippen LogP contribution in [0.4, 0.5) is 0 Å². The third kappa shape index (κ3) is 7.87. The minimum atomic E-state index is -1.44. The molecule has 8 nitrogen and oxygen atoms in total. The van der Waals surface area contributed by atoms with Gasteiger partial charge in [0.05, 0.1) is 24.9 Å². The van der Waals surface area contributed by atoms with E-state index in [-0.39, 0.29) is 18.9 Å². The average molecular weight is 569 g/mol.